The molecule has 94 valence electrons. The van der Waals surface area contributed by atoms with Gasteiger partial charge in [0.15, 0.2) is 0 Å². The Hall–Kier alpha value is -2.07. The van der Waals surface area contributed by atoms with Crippen molar-refractivity contribution < 1.29 is 10.2 Å². The number of halogens is 1. The SMILES string of the molecule is Cc1cc(Nc2ccc(O)cc2)c(N)c(Cl)c1O. The summed E-state index contributed by atoms with van der Waals surface area (Å²) in [6, 6.07) is 8.26. The quantitative estimate of drug-likeness (QED) is 0.495. The predicted molar refractivity (Wildman–Crippen MR) is 73.7 cm³/mol. The van der Waals surface area contributed by atoms with E-state index in [-0.39, 0.29) is 22.2 Å². The minimum atomic E-state index is -0.00887. The molecule has 5 N–H and O–H groups in total. The van der Waals surface area contributed by atoms with Crippen LogP contribution in [0.2, 0.25) is 5.02 Å². The summed E-state index contributed by atoms with van der Waals surface area (Å²) in [5.74, 6) is 0.180. The third-order valence-electron chi connectivity index (χ3n) is 2.62. The zero-order valence-corrected chi connectivity index (χ0v) is 10.5. The van der Waals surface area contributed by atoms with Gasteiger partial charge in [-0.05, 0) is 42.8 Å². The van der Waals surface area contributed by atoms with Crippen LogP contribution in [0.15, 0.2) is 30.3 Å². The van der Waals surface area contributed by atoms with E-state index < -0.39 is 0 Å². The van der Waals surface area contributed by atoms with Crippen molar-refractivity contribution in [3.05, 3.63) is 40.9 Å². The average molecular weight is 265 g/mol. The zero-order valence-electron chi connectivity index (χ0n) is 9.74. The van der Waals surface area contributed by atoms with E-state index in [1.54, 1.807) is 37.3 Å². The minimum absolute atomic E-state index is 0.00887. The van der Waals surface area contributed by atoms with E-state index in [9.17, 15) is 10.2 Å². The van der Waals surface area contributed by atoms with E-state index in [0.29, 0.717) is 11.3 Å². The van der Waals surface area contributed by atoms with Gasteiger partial charge in [-0.25, -0.2) is 0 Å². The topological polar surface area (TPSA) is 78.5 Å². The Bertz CT molecular complexity index is 583. The Balaban J connectivity index is 2.38. The summed E-state index contributed by atoms with van der Waals surface area (Å²) in [6.07, 6.45) is 0. The third kappa shape index (κ3) is 2.28. The van der Waals surface area contributed by atoms with Gasteiger partial charge in [-0.1, -0.05) is 11.6 Å². The van der Waals surface area contributed by atoms with E-state index in [4.69, 9.17) is 17.3 Å². The lowest BCUT2D eigenvalue weighted by atomic mass is 10.1. The maximum Gasteiger partial charge on any atom is 0.139 e. The zero-order chi connectivity index (χ0) is 13.3. The maximum atomic E-state index is 9.64. The Morgan fingerprint density at radius 2 is 1.78 bits per heavy atom. The van der Waals surface area contributed by atoms with E-state index in [1.807, 2.05) is 0 Å². The standard InChI is InChI=1S/C13H13ClN2O2/c1-7-6-10(12(15)11(14)13(7)18)16-8-2-4-9(17)5-3-8/h2-6,16-18H,15H2,1H3. The lowest BCUT2D eigenvalue weighted by Gasteiger charge is -2.13. The van der Waals surface area contributed by atoms with Crippen molar-refractivity contribution >= 4 is 28.7 Å². The predicted octanol–water partition coefficient (Wildman–Crippen LogP) is 3.39. The van der Waals surface area contributed by atoms with Crippen LogP contribution in [-0.2, 0) is 0 Å². The smallest absolute Gasteiger partial charge is 0.139 e. The number of aromatic hydroxyl groups is 2. The van der Waals surface area contributed by atoms with Gasteiger partial charge in [0.2, 0.25) is 0 Å². The Labute approximate surface area is 110 Å². The third-order valence-corrected chi connectivity index (χ3v) is 3.00. The molecule has 2 aromatic carbocycles. The highest BCUT2D eigenvalue weighted by atomic mass is 35.5. The molecule has 0 unspecified atom stereocenters. The molecular weight excluding hydrogens is 252 g/mol. The number of nitrogens with one attached hydrogen (secondary N) is 1. The number of nitrogens with two attached hydrogens (primary N) is 1. The number of phenols is 2. The lowest BCUT2D eigenvalue weighted by molar-refractivity contribution is 0.472. The molecule has 0 saturated heterocycles. The van der Waals surface area contributed by atoms with Crippen molar-refractivity contribution in [2.45, 2.75) is 6.92 Å². The van der Waals surface area contributed by atoms with Crippen molar-refractivity contribution in [3.8, 4) is 11.5 Å². The Morgan fingerprint density at radius 3 is 2.39 bits per heavy atom. The molecule has 2 aromatic rings. The van der Waals surface area contributed by atoms with E-state index >= 15 is 0 Å². The van der Waals surface area contributed by atoms with Gasteiger partial charge in [-0.15, -0.1) is 0 Å². The van der Waals surface area contributed by atoms with Crippen LogP contribution in [0.1, 0.15) is 5.56 Å². The first-order valence-corrected chi connectivity index (χ1v) is 5.70. The second kappa shape index (κ2) is 4.66. The van der Waals surface area contributed by atoms with E-state index in [0.717, 1.165) is 5.69 Å². The molecule has 0 saturated carbocycles. The van der Waals surface area contributed by atoms with Crippen LogP contribution in [0.4, 0.5) is 17.1 Å². The van der Waals surface area contributed by atoms with Crippen LogP contribution >= 0.6 is 11.6 Å². The van der Waals surface area contributed by atoms with Gasteiger partial charge in [-0.2, -0.15) is 0 Å². The van der Waals surface area contributed by atoms with Crippen molar-refractivity contribution in [2.75, 3.05) is 11.1 Å². The molecule has 18 heavy (non-hydrogen) atoms. The minimum Gasteiger partial charge on any atom is -0.508 e. The molecule has 4 nitrogen and oxygen atoms in total. The number of phenolic OH excluding ortho intramolecular Hbond substituents is 2. The Morgan fingerprint density at radius 1 is 1.17 bits per heavy atom. The number of hydrogen-bond acceptors (Lipinski definition) is 4. The van der Waals surface area contributed by atoms with Crippen molar-refractivity contribution in [1.82, 2.24) is 0 Å². The van der Waals surface area contributed by atoms with Crippen LogP contribution in [0.3, 0.4) is 0 Å². The van der Waals surface area contributed by atoms with Crippen LogP contribution < -0.4 is 11.1 Å². The van der Waals surface area contributed by atoms with Crippen LogP contribution in [-0.4, -0.2) is 10.2 Å². The summed E-state index contributed by atoms with van der Waals surface area (Å²) in [5, 5.41) is 22.0. The number of aryl methyl sites for hydroxylation is 1. The molecule has 0 aliphatic heterocycles. The first kappa shape index (κ1) is 12.4. The molecule has 2 rings (SSSR count). The second-order valence-electron chi connectivity index (χ2n) is 3.99. The first-order chi connectivity index (χ1) is 8.49. The molecule has 0 bridgehead atoms. The van der Waals surface area contributed by atoms with Crippen molar-refractivity contribution in [2.24, 2.45) is 0 Å². The molecule has 0 aromatic heterocycles. The normalized spacial score (nSPS) is 10.3. The molecule has 0 radical (unpaired) electrons. The van der Waals surface area contributed by atoms with Gasteiger partial charge >= 0.3 is 0 Å². The van der Waals surface area contributed by atoms with Crippen LogP contribution in [0, 0.1) is 6.92 Å². The summed E-state index contributed by atoms with van der Waals surface area (Å²) in [6.45, 7) is 1.74. The highest BCUT2D eigenvalue weighted by Crippen LogP contribution is 2.39. The van der Waals surface area contributed by atoms with Crippen molar-refractivity contribution in [1.29, 1.82) is 0 Å². The molecule has 0 fully saturated rings. The van der Waals surface area contributed by atoms with Gasteiger partial charge < -0.3 is 21.3 Å². The number of anilines is 3. The monoisotopic (exact) mass is 264 g/mol. The molecule has 0 heterocycles. The fourth-order valence-corrected chi connectivity index (χ4v) is 1.84. The fraction of sp³-hybridized carbons (Fsp3) is 0.0769. The van der Waals surface area contributed by atoms with Gasteiger partial charge in [0.25, 0.3) is 0 Å². The molecule has 0 aliphatic rings. The number of rotatable bonds is 2. The highest BCUT2D eigenvalue weighted by molar-refractivity contribution is 6.35. The molecular formula is C13H13ClN2O2. The van der Waals surface area contributed by atoms with Gasteiger partial charge in [-0.3, -0.25) is 0 Å². The summed E-state index contributed by atoms with van der Waals surface area (Å²) in [7, 11) is 0. The number of benzene rings is 2. The maximum absolute atomic E-state index is 9.64. The second-order valence-corrected chi connectivity index (χ2v) is 4.37. The van der Waals surface area contributed by atoms with Crippen LogP contribution in [0.25, 0.3) is 0 Å². The Kier molecular flexibility index (Phi) is 3.21. The lowest BCUT2D eigenvalue weighted by Crippen LogP contribution is -1.98. The molecule has 0 atom stereocenters. The van der Waals surface area contributed by atoms with Crippen molar-refractivity contribution in [3.63, 3.8) is 0 Å². The molecule has 0 aliphatic carbocycles. The van der Waals surface area contributed by atoms with Gasteiger partial charge in [0, 0.05) is 5.69 Å². The highest BCUT2D eigenvalue weighted by Gasteiger charge is 2.11. The summed E-state index contributed by atoms with van der Waals surface area (Å²) < 4.78 is 0. The van der Waals surface area contributed by atoms with E-state index in [2.05, 4.69) is 5.32 Å². The average Bonchev–Trinajstić information content (AvgIpc) is 2.36. The first-order valence-electron chi connectivity index (χ1n) is 5.32. The molecule has 5 heteroatoms. The summed E-state index contributed by atoms with van der Waals surface area (Å²) in [5.41, 5.74) is 8.12. The molecule has 0 spiro atoms. The van der Waals surface area contributed by atoms with E-state index in [1.165, 1.54) is 0 Å². The summed E-state index contributed by atoms with van der Waals surface area (Å²) in [4.78, 5) is 0. The van der Waals surface area contributed by atoms with Crippen LogP contribution in [0.5, 0.6) is 11.5 Å². The summed E-state index contributed by atoms with van der Waals surface area (Å²) >= 11 is 5.92. The fourth-order valence-electron chi connectivity index (χ4n) is 1.59. The van der Waals surface area contributed by atoms with Gasteiger partial charge in [0.1, 0.15) is 16.5 Å². The largest absolute Gasteiger partial charge is 0.508 e. The number of hydrogen-bond donors (Lipinski definition) is 4. The van der Waals surface area contributed by atoms with Gasteiger partial charge in [0.05, 0.1) is 11.4 Å². The number of nitrogen functional groups attached to an aromatic ring is 1. The molecule has 0 amide bonds.